The van der Waals surface area contributed by atoms with Gasteiger partial charge in [0.15, 0.2) is 5.69 Å². The number of rotatable bonds is 1. The smallest absolute Gasteiger partial charge is 0.315 e. The summed E-state index contributed by atoms with van der Waals surface area (Å²) in [4.78, 5) is 10.5. The van der Waals surface area contributed by atoms with Gasteiger partial charge < -0.3 is 10.9 Å². The maximum atomic E-state index is 11.0. The molecule has 1 amide bonds. The lowest BCUT2D eigenvalue weighted by Gasteiger charge is -2.01. The molecular formula is C7H7N2O2. The fourth-order valence-corrected chi connectivity index (χ4v) is 0.715. The summed E-state index contributed by atoms with van der Waals surface area (Å²) in [5, 5.41) is 11.0. The zero-order chi connectivity index (χ0) is 8.43. The molecule has 1 rings (SSSR count). The first-order valence-electron chi connectivity index (χ1n) is 3.03. The minimum Gasteiger partial charge on any atom is -0.618 e. The van der Waals surface area contributed by atoms with Gasteiger partial charge in [0.05, 0.1) is 6.07 Å². The van der Waals surface area contributed by atoms with Crippen LogP contribution in [-0.2, 0) is 0 Å². The lowest BCUT2D eigenvalue weighted by Crippen LogP contribution is -2.39. The number of nitrogens with zero attached hydrogens (tertiary/aromatic N) is 1. The number of aryl methyl sites for hydroxylation is 1. The highest BCUT2D eigenvalue weighted by Gasteiger charge is 2.12. The third-order valence-corrected chi connectivity index (χ3v) is 1.30. The lowest BCUT2D eigenvalue weighted by atomic mass is 10.3. The van der Waals surface area contributed by atoms with Gasteiger partial charge in [0.2, 0.25) is 0 Å². The van der Waals surface area contributed by atoms with Gasteiger partial charge in [0, 0.05) is 13.0 Å². The molecule has 1 radical (unpaired) electrons. The summed E-state index contributed by atoms with van der Waals surface area (Å²) in [6.07, 6.45) is 0. The molecule has 0 spiro atoms. The number of nitrogens with two attached hydrogens (primary N) is 1. The van der Waals surface area contributed by atoms with E-state index in [2.05, 4.69) is 6.07 Å². The summed E-state index contributed by atoms with van der Waals surface area (Å²) in [5.74, 6) is -0.760. The molecule has 0 aromatic carbocycles. The van der Waals surface area contributed by atoms with E-state index in [0.29, 0.717) is 10.4 Å². The van der Waals surface area contributed by atoms with Crippen LogP contribution in [0.5, 0.6) is 0 Å². The maximum Gasteiger partial charge on any atom is 0.315 e. The van der Waals surface area contributed by atoms with Crippen LogP contribution in [0, 0.1) is 18.2 Å². The lowest BCUT2D eigenvalue weighted by molar-refractivity contribution is -0.614. The van der Waals surface area contributed by atoms with E-state index < -0.39 is 5.91 Å². The molecule has 57 valence electrons. The van der Waals surface area contributed by atoms with Crippen molar-refractivity contribution in [3.63, 3.8) is 0 Å². The van der Waals surface area contributed by atoms with Crippen LogP contribution in [0.2, 0.25) is 0 Å². The Morgan fingerprint density at radius 1 is 1.82 bits per heavy atom. The Morgan fingerprint density at radius 3 is 2.91 bits per heavy atom. The molecule has 2 N–H and O–H groups in total. The number of primary amides is 1. The van der Waals surface area contributed by atoms with Crippen molar-refractivity contribution in [1.82, 2.24) is 0 Å². The molecule has 0 fully saturated rings. The normalized spacial score (nSPS) is 9.55. The van der Waals surface area contributed by atoms with Crippen molar-refractivity contribution in [2.75, 3.05) is 0 Å². The highest BCUT2D eigenvalue weighted by atomic mass is 16.5. The Balaban J connectivity index is 3.27. The quantitative estimate of drug-likeness (QED) is 0.435. The van der Waals surface area contributed by atoms with Crippen molar-refractivity contribution in [2.24, 2.45) is 5.73 Å². The predicted molar refractivity (Wildman–Crippen MR) is 37.5 cm³/mol. The van der Waals surface area contributed by atoms with E-state index in [1.54, 1.807) is 13.0 Å². The third kappa shape index (κ3) is 1.29. The molecule has 1 heterocycles. The van der Waals surface area contributed by atoms with Crippen LogP contribution in [0.4, 0.5) is 0 Å². The van der Waals surface area contributed by atoms with Gasteiger partial charge in [-0.05, 0) is 6.07 Å². The van der Waals surface area contributed by atoms with Gasteiger partial charge in [-0.3, -0.25) is 4.79 Å². The number of pyridine rings is 1. The van der Waals surface area contributed by atoms with Gasteiger partial charge in [-0.15, -0.1) is 0 Å². The molecule has 1 aromatic heterocycles. The van der Waals surface area contributed by atoms with Crippen molar-refractivity contribution in [1.29, 1.82) is 0 Å². The fourth-order valence-electron chi connectivity index (χ4n) is 0.715. The number of aromatic nitrogens is 1. The van der Waals surface area contributed by atoms with Crippen molar-refractivity contribution in [2.45, 2.75) is 6.92 Å². The predicted octanol–water partition coefficient (Wildman–Crippen LogP) is -0.472. The summed E-state index contributed by atoms with van der Waals surface area (Å²) >= 11 is 0. The van der Waals surface area contributed by atoms with E-state index in [4.69, 9.17) is 5.73 Å². The van der Waals surface area contributed by atoms with Crippen molar-refractivity contribution < 1.29 is 9.52 Å². The molecule has 11 heavy (non-hydrogen) atoms. The highest BCUT2D eigenvalue weighted by molar-refractivity contribution is 5.88. The molecule has 0 saturated heterocycles. The first-order chi connectivity index (χ1) is 5.13. The van der Waals surface area contributed by atoms with Gasteiger partial charge in [-0.2, -0.15) is 4.73 Å². The van der Waals surface area contributed by atoms with E-state index in [1.165, 1.54) is 6.07 Å². The van der Waals surface area contributed by atoms with Crippen LogP contribution in [0.3, 0.4) is 0 Å². The summed E-state index contributed by atoms with van der Waals surface area (Å²) in [5.41, 5.74) is 5.17. The largest absolute Gasteiger partial charge is 0.618 e. The van der Waals surface area contributed by atoms with Gasteiger partial charge in [0.25, 0.3) is 5.69 Å². The Morgan fingerprint density at radius 2 is 2.45 bits per heavy atom. The third-order valence-electron chi connectivity index (χ3n) is 1.30. The van der Waals surface area contributed by atoms with E-state index in [0.717, 1.165) is 0 Å². The van der Waals surface area contributed by atoms with Crippen molar-refractivity contribution in [3.05, 3.63) is 34.8 Å². The van der Waals surface area contributed by atoms with E-state index >= 15 is 0 Å². The number of carbonyl (C=O) groups excluding carboxylic acids is 1. The van der Waals surface area contributed by atoms with E-state index in [-0.39, 0.29) is 5.69 Å². The molecule has 0 saturated carbocycles. The van der Waals surface area contributed by atoms with Gasteiger partial charge >= 0.3 is 5.91 Å². The van der Waals surface area contributed by atoms with E-state index in [1.807, 2.05) is 0 Å². The Kier molecular flexibility index (Phi) is 1.76. The van der Waals surface area contributed by atoms with Crippen LogP contribution in [0.15, 0.2) is 12.1 Å². The SMILES string of the molecule is Cc1cc[c]c(C(N)=O)[n+]1[O-]. The fraction of sp³-hybridized carbons (Fsp3) is 0.143. The number of hydrogen-bond acceptors (Lipinski definition) is 2. The second kappa shape index (κ2) is 2.57. The zero-order valence-corrected chi connectivity index (χ0v) is 6.00. The summed E-state index contributed by atoms with van der Waals surface area (Å²) < 4.78 is 0.461. The summed E-state index contributed by atoms with van der Waals surface area (Å²) in [6.45, 7) is 1.59. The van der Waals surface area contributed by atoms with Crippen LogP contribution >= 0.6 is 0 Å². The second-order valence-corrected chi connectivity index (χ2v) is 2.13. The van der Waals surface area contributed by atoms with Crippen LogP contribution in [-0.4, -0.2) is 5.91 Å². The number of hydrogen-bond donors (Lipinski definition) is 1. The first kappa shape index (κ1) is 7.53. The molecule has 1 aromatic rings. The molecule has 0 aliphatic rings. The standard InChI is InChI=1S/C7H7N2O2/c1-5-3-2-4-6(7(8)10)9(5)11/h2-3H,1H3,(H2,8,10). The van der Waals surface area contributed by atoms with Crippen molar-refractivity contribution in [3.8, 4) is 0 Å². The molecule has 0 aliphatic heterocycles. The molecule has 0 aliphatic carbocycles. The number of carbonyl (C=O) groups is 1. The summed E-state index contributed by atoms with van der Waals surface area (Å²) in [6, 6.07) is 5.50. The van der Waals surface area contributed by atoms with Crippen LogP contribution in [0.1, 0.15) is 16.2 Å². The molecule has 4 heteroatoms. The average Bonchev–Trinajstić information content (AvgIpc) is 1.94. The first-order valence-corrected chi connectivity index (χ1v) is 3.03. The Bertz CT molecular complexity index is 296. The zero-order valence-electron chi connectivity index (χ0n) is 6.00. The van der Waals surface area contributed by atoms with Gasteiger partial charge in [-0.25, -0.2) is 0 Å². The minimum absolute atomic E-state index is 0.148. The minimum atomic E-state index is -0.760. The second-order valence-electron chi connectivity index (χ2n) is 2.13. The Labute approximate surface area is 63.8 Å². The topological polar surface area (TPSA) is 70.0 Å². The highest BCUT2D eigenvalue weighted by Crippen LogP contribution is 1.92. The van der Waals surface area contributed by atoms with Crippen LogP contribution in [0.25, 0.3) is 0 Å². The van der Waals surface area contributed by atoms with Gasteiger partial charge in [-0.1, -0.05) is 0 Å². The summed E-state index contributed by atoms with van der Waals surface area (Å²) in [7, 11) is 0. The molecule has 0 atom stereocenters. The maximum absolute atomic E-state index is 11.0. The molecule has 0 unspecified atom stereocenters. The van der Waals surface area contributed by atoms with Crippen molar-refractivity contribution >= 4 is 5.91 Å². The molecular weight excluding hydrogens is 144 g/mol. The van der Waals surface area contributed by atoms with E-state index in [9.17, 15) is 10.0 Å². The molecule has 4 nitrogen and oxygen atoms in total. The van der Waals surface area contributed by atoms with Gasteiger partial charge in [0.1, 0.15) is 0 Å². The Hall–Kier alpha value is -1.58. The van der Waals surface area contributed by atoms with Crippen LogP contribution < -0.4 is 10.5 Å². The molecule has 0 bridgehead atoms. The average molecular weight is 151 g/mol. The number of amides is 1. The monoisotopic (exact) mass is 151 g/mol.